The van der Waals surface area contributed by atoms with Crippen molar-refractivity contribution in [2.75, 3.05) is 26.4 Å². The lowest BCUT2D eigenvalue weighted by Gasteiger charge is -2.18. The van der Waals surface area contributed by atoms with Gasteiger partial charge >= 0.3 is 0 Å². The molecule has 0 saturated carbocycles. The van der Waals surface area contributed by atoms with Crippen molar-refractivity contribution in [1.82, 2.24) is 0 Å². The van der Waals surface area contributed by atoms with Gasteiger partial charge in [0.1, 0.15) is 24.6 Å². The average Bonchev–Trinajstić information content (AvgIpc) is 3.55. The molecule has 132 valence electrons. The van der Waals surface area contributed by atoms with Gasteiger partial charge in [0.05, 0.1) is 25.9 Å². The first-order valence-corrected chi connectivity index (χ1v) is 8.92. The maximum atomic E-state index is 5.89. The van der Waals surface area contributed by atoms with E-state index in [0.29, 0.717) is 19.3 Å². The SMILES string of the molecule is C=CCc1cc(C2=CCC(OCC3CO3)C=C2)ccc1OCC1CO1. The van der Waals surface area contributed by atoms with E-state index in [4.69, 9.17) is 18.9 Å². The number of rotatable bonds is 9. The van der Waals surface area contributed by atoms with Crippen molar-refractivity contribution in [3.8, 4) is 5.75 Å². The third kappa shape index (κ3) is 4.60. The van der Waals surface area contributed by atoms with Gasteiger partial charge in [-0.2, -0.15) is 0 Å². The lowest BCUT2D eigenvalue weighted by atomic mass is 9.96. The van der Waals surface area contributed by atoms with Crippen LogP contribution in [0.3, 0.4) is 0 Å². The topological polar surface area (TPSA) is 43.5 Å². The molecule has 3 atom stereocenters. The largest absolute Gasteiger partial charge is 0.490 e. The van der Waals surface area contributed by atoms with Crippen LogP contribution in [-0.4, -0.2) is 44.7 Å². The highest BCUT2D eigenvalue weighted by atomic mass is 16.6. The third-order valence-corrected chi connectivity index (χ3v) is 4.54. The first-order valence-electron chi connectivity index (χ1n) is 8.92. The van der Waals surface area contributed by atoms with E-state index in [1.807, 2.05) is 6.08 Å². The number of hydrogen-bond acceptors (Lipinski definition) is 4. The van der Waals surface area contributed by atoms with Gasteiger partial charge in [0.25, 0.3) is 0 Å². The van der Waals surface area contributed by atoms with E-state index in [1.54, 1.807) is 0 Å². The van der Waals surface area contributed by atoms with Crippen molar-refractivity contribution in [2.24, 2.45) is 0 Å². The second-order valence-corrected chi connectivity index (χ2v) is 6.66. The summed E-state index contributed by atoms with van der Waals surface area (Å²) in [6.45, 7) is 6.82. The van der Waals surface area contributed by atoms with Crippen molar-refractivity contribution in [3.63, 3.8) is 0 Å². The Hall–Kier alpha value is -1.88. The van der Waals surface area contributed by atoms with E-state index in [-0.39, 0.29) is 12.2 Å². The van der Waals surface area contributed by atoms with Crippen LogP contribution in [0, 0.1) is 0 Å². The average molecular weight is 340 g/mol. The molecular formula is C21H24O4. The van der Waals surface area contributed by atoms with Gasteiger partial charge in [0.2, 0.25) is 0 Å². The normalized spacial score (nSPS) is 26.9. The number of allylic oxidation sites excluding steroid dienone is 3. The van der Waals surface area contributed by atoms with Gasteiger partial charge < -0.3 is 18.9 Å². The Balaban J connectivity index is 1.41. The maximum Gasteiger partial charge on any atom is 0.122 e. The molecule has 1 aromatic rings. The van der Waals surface area contributed by atoms with Crippen LogP contribution in [0.2, 0.25) is 0 Å². The van der Waals surface area contributed by atoms with Crippen molar-refractivity contribution in [2.45, 2.75) is 31.2 Å². The fraction of sp³-hybridized carbons (Fsp3) is 0.429. The zero-order valence-corrected chi connectivity index (χ0v) is 14.4. The minimum atomic E-state index is 0.154. The lowest BCUT2D eigenvalue weighted by Crippen LogP contribution is -2.15. The molecule has 2 heterocycles. The van der Waals surface area contributed by atoms with Crippen LogP contribution < -0.4 is 4.74 Å². The second-order valence-electron chi connectivity index (χ2n) is 6.66. The zero-order chi connectivity index (χ0) is 17.1. The van der Waals surface area contributed by atoms with Crippen LogP contribution in [0.15, 0.2) is 49.1 Å². The minimum Gasteiger partial charge on any atom is -0.490 e. The summed E-state index contributed by atoms with van der Waals surface area (Å²) >= 11 is 0. The summed E-state index contributed by atoms with van der Waals surface area (Å²) < 4.78 is 22.1. The number of ether oxygens (including phenoxy) is 4. The number of benzene rings is 1. The van der Waals surface area contributed by atoms with Crippen molar-refractivity contribution in [1.29, 1.82) is 0 Å². The predicted octanol–water partition coefficient (Wildman–Crippen LogP) is 3.32. The van der Waals surface area contributed by atoms with Crippen LogP contribution >= 0.6 is 0 Å². The van der Waals surface area contributed by atoms with E-state index < -0.39 is 0 Å². The Kier molecular flexibility index (Phi) is 5.02. The highest BCUT2D eigenvalue weighted by Crippen LogP contribution is 2.29. The van der Waals surface area contributed by atoms with Gasteiger partial charge in [-0.15, -0.1) is 6.58 Å². The fourth-order valence-electron chi connectivity index (χ4n) is 2.90. The molecule has 4 heteroatoms. The number of epoxide rings is 2. The summed E-state index contributed by atoms with van der Waals surface area (Å²) in [5, 5.41) is 0. The smallest absolute Gasteiger partial charge is 0.122 e. The van der Waals surface area contributed by atoms with Crippen LogP contribution in [0.5, 0.6) is 5.75 Å². The van der Waals surface area contributed by atoms with E-state index in [2.05, 4.69) is 43.0 Å². The summed E-state index contributed by atoms with van der Waals surface area (Å²) in [7, 11) is 0. The van der Waals surface area contributed by atoms with Crippen molar-refractivity contribution < 1.29 is 18.9 Å². The molecule has 25 heavy (non-hydrogen) atoms. The molecule has 2 fully saturated rings. The first kappa shape index (κ1) is 16.6. The number of hydrogen-bond donors (Lipinski definition) is 0. The maximum absolute atomic E-state index is 5.89. The molecule has 4 rings (SSSR count). The molecule has 1 aromatic carbocycles. The molecule has 0 N–H and O–H groups in total. The van der Waals surface area contributed by atoms with Gasteiger partial charge in [0, 0.05) is 0 Å². The Morgan fingerprint density at radius 2 is 1.96 bits per heavy atom. The van der Waals surface area contributed by atoms with E-state index in [9.17, 15) is 0 Å². The molecule has 2 aliphatic heterocycles. The van der Waals surface area contributed by atoms with Crippen LogP contribution in [-0.2, 0) is 20.6 Å². The molecule has 4 nitrogen and oxygen atoms in total. The highest BCUT2D eigenvalue weighted by molar-refractivity contribution is 5.76. The van der Waals surface area contributed by atoms with Gasteiger partial charge in [-0.05, 0) is 41.7 Å². The summed E-state index contributed by atoms with van der Waals surface area (Å²) in [5.41, 5.74) is 3.59. The Bertz CT molecular complexity index is 683. The molecule has 0 amide bonds. The molecule has 0 spiro atoms. The van der Waals surface area contributed by atoms with Gasteiger partial charge in [0.15, 0.2) is 0 Å². The molecule has 2 saturated heterocycles. The van der Waals surface area contributed by atoms with Crippen LogP contribution in [0.4, 0.5) is 0 Å². The van der Waals surface area contributed by atoms with Crippen molar-refractivity contribution in [3.05, 3.63) is 60.2 Å². The molecule has 1 aliphatic carbocycles. The zero-order valence-electron chi connectivity index (χ0n) is 14.4. The molecule has 0 aromatic heterocycles. The Morgan fingerprint density at radius 1 is 1.16 bits per heavy atom. The Morgan fingerprint density at radius 3 is 2.64 bits per heavy atom. The minimum absolute atomic E-state index is 0.154. The molecule has 3 aliphatic rings. The van der Waals surface area contributed by atoms with Gasteiger partial charge in [-0.1, -0.05) is 30.4 Å². The third-order valence-electron chi connectivity index (χ3n) is 4.54. The second kappa shape index (κ2) is 7.56. The summed E-state index contributed by atoms with van der Waals surface area (Å²) in [6.07, 6.45) is 10.9. The predicted molar refractivity (Wildman–Crippen MR) is 96.8 cm³/mol. The standard InChI is InChI=1S/C21H24O4/c1-2-3-17-10-16(6-9-21(17)25-14-20-13-24-20)15-4-7-18(8-5-15)22-11-19-12-23-19/h2,4-7,9-10,18-20H,1,3,8,11-14H2. The quantitative estimate of drug-likeness (QED) is 0.511. The Labute approximate surface area is 148 Å². The van der Waals surface area contributed by atoms with E-state index >= 15 is 0 Å². The van der Waals surface area contributed by atoms with Crippen LogP contribution in [0.1, 0.15) is 17.5 Å². The lowest BCUT2D eigenvalue weighted by molar-refractivity contribution is 0.0734. The van der Waals surface area contributed by atoms with Gasteiger partial charge in [-0.3, -0.25) is 0 Å². The summed E-state index contributed by atoms with van der Waals surface area (Å²) in [4.78, 5) is 0. The monoisotopic (exact) mass is 340 g/mol. The molecule has 0 bridgehead atoms. The molecular weight excluding hydrogens is 316 g/mol. The van der Waals surface area contributed by atoms with E-state index in [0.717, 1.165) is 37.4 Å². The fourth-order valence-corrected chi connectivity index (χ4v) is 2.90. The van der Waals surface area contributed by atoms with Crippen LogP contribution in [0.25, 0.3) is 5.57 Å². The molecule has 0 radical (unpaired) electrons. The van der Waals surface area contributed by atoms with E-state index in [1.165, 1.54) is 11.1 Å². The highest BCUT2D eigenvalue weighted by Gasteiger charge is 2.24. The first-order chi connectivity index (χ1) is 12.3. The van der Waals surface area contributed by atoms with Crippen molar-refractivity contribution >= 4 is 5.57 Å². The van der Waals surface area contributed by atoms with Gasteiger partial charge in [-0.25, -0.2) is 0 Å². The summed E-state index contributed by atoms with van der Waals surface area (Å²) in [6, 6.07) is 6.36. The summed E-state index contributed by atoms with van der Waals surface area (Å²) in [5.74, 6) is 0.921. The molecule has 3 unspecified atom stereocenters.